The van der Waals surface area contributed by atoms with Gasteiger partial charge in [-0.05, 0) is 25.5 Å². The van der Waals surface area contributed by atoms with Crippen molar-refractivity contribution in [2.24, 2.45) is 0 Å². The van der Waals surface area contributed by atoms with Crippen LogP contribution < -0.4 is 0 Å². The monoisotopic (exact) mass is 294 g/mol. The number of pyridine rings is 1. The molecule has 21 heavy (non-hydrogen) atoms. The number of fused-ring (bicyclic) bond motifs is 5. The van der Waals surface area contributed by atoms with Gasteiger partial charge in [-0.2, -0.15) is 5.26 Å². The molecular weight excluding hydrogens is 284 g/mol. The number of rotatable bonds is 1. The van der Waals surface area contributed by atoms with Gasteiger partial charge in [-0.25, -0.2) is 19.5 Å². The summed E-state index contributed by atoms with van der Waals surface area (Å²) in [7, 11) is 0. The van der Waals surface area contributed by atoms with E-state index in [1.165, 1.54) is 0 Å². The summed E-state index contributed by atoms with van der Waals surface area (Å²) in [6, 6.07) is 4.13. The van der Waals surface area contributed by atoms with E-state index in [0.29, 0.717) is 5.82 Å². The quantitative estimate of drug-likeness (QED) is 0.539. The standard InChI is InChI=1S/C14H10N6S/c1-7-5-8(2)17-14-10(7)11-12(21-14)13-18-9(3-4-15)19-20(13)6-16-11/h5-6H,3H2,1-2H3. The highest BCUT2D eigenvalue weighted by molar-refractivity contribution is 7.26. The zero-order valence-electron chi connectivity index (χ0n) is 11.5. The summed E-state index contributed by atoms with van der Waals surface area (Å²) in [6.45, 7) is 4.06. The first-order valence-corrected chi connectivity index (χ1v) is 7.26. The van der Waals surface area contributed by atoms with Gasteiger partial charge in [0.2, 0.25) is 0 Å². The fraction of sp³-hybridized carbons (Fsp3) is 0.214. The van der Waals surface area contributed by atoms with Gasteiger partial charge in [0.05, 0.1) is 18.0 Å². The number of aryl methyl sites for hydroxylation is 2. The molecule has 4 rings (SSSR count). The lowest BCUT2D eigenvalue weighted by atomic mass is 10.1. The van der Waals surface area contributed by atoms with Crippen LogP contribution in [0.3, 0.4) is 0 Å². The normalized spacial score (nSPS) is 11.5. The second kappa shape index (κ2) is 4.20. The van der Waals surface area contributed by atoms with Crippen LogP contribution in [0.25, 0.3) is 26.1 Å². The second-order valence-corrected chi connectivity index (χ2v) is 5.92. The lowest BCUT2D eigenvalue weighted by Gasteiger charge is -1.98. The van der Waals surface area contributed by atoms with Crippen LogP contribution in [-0.2, 0) is 6.42 Å². The molecule has 0 amide bonds. The Balaban J connectivity index is 2.16. The van der Waals surface area contributed by atoms with Crippen LogP contribution in [0.15, 0.2) is 12.4 Å². The van der Waals surface area contributed by atoms with Gasteiger partial charge in [0, 0.05) is 11.1 Å². The molecule has 0 radical (unpaired) electrons. The minimum atomic E-state index is 0.199. The van der Waals surface area contributed by atoms with Crippen molar-refractivity contribution in [3.05, 3.63) is 29.5 Å². The highest BCUT2D eigenvalue weighted by Crippen LogP contribution is 2.35. The number of hydrogen-bond donors (Lipinski definition) is 0. The van der Waals surface area contributed by atoms with Gasteiger partial charge in [0.25, 0.3) is 0 Å². The third-order valence-corrected chi connectivity index (χ3v) is 4.44. The molecule has 0 unspecified atom stereocenters. The van der Waals surface area contributed by atoms with E-state index in [2.05, 4.69) is 39.1 Å². The second-order valence-electron chi connectivity index (χ2n) is 4.92. The molecule has 102 valence electrons. The molecule has 0 saturated carbocycles. The van der Waals surface area contributed by atoms with Gasteiger partial charge < -0.3 is 0 Å². The maximum atomic E-state index is 8.78. The molecule has 0 aliphatic carbocycles. The summed E-state index contributed by atoms with van der Waals surface area (Å²) >= 11 is 1.57. The summed E-state index contributed by atoms with van der Waals surface area (Å²) in [5, 5.41) is 14.1. The Morgan fingerprint density at radius 2 is 2.19 bits per heavy atom. The number of nitriles is 1. The van der Waals surface area contributed by atoms with Gasteiger partial charge >= 0.3 is 0 Å². The predicted molar refractivity (Wildman–Crippen MR) is 80.3 cm³/mol. The number of nitrogens with zero attached hydrogens (tertiary/aromatic N) is 6. The topological polar surface area (TPSA) is 79.8 Å². The lowest BCUT2D eigenvalue weighted by Crippen LogP contribution is -1.90. The van der Waals surface area contributed by atoms with Crippen molar-refractivity contribution in [2.75, 3.05) is 0 Å². The Morgan fingerprint density at radius 3 is 3.00 bits per heavy atom. The maximum absolute atomic E-state index is 8.78. The van der Waals surface area contributed by atoms with Crippen molar-refractivity contribution in [1.29, 1.82) is 5.26 Å². The summed E-state index contributed by atoms with van der Waals surface area (Å²) in [5.41, 5.74) is 3.81. The van der Waals surface area contributed by atoms with Crippen LogP contribution in [0.5, 0.6) is 0 Å². The van der Waals surface area contributed by atoms with Crippen LogP contribution in [-0.4, -0.2) is 24.6 Å². The molecule has 0 spiro atoms. The Kier molecular flexibility index (Phi) is 2.43. The Labute approximate surface area is 123 Å². The summed E-state index contributed by atoms with van der Waals surface area (Å²) in [6.07, 6.45) is 1.85. The van der Waals surface area contributed by atoms with Crippen LogP contribution in [0.1, 0.15) is 17.1 Å². The molecule has 4 aromatic heterocycles. The van der Waals surface area contributed by atoms with Crippen LogP contribution >= 0.6 is 11.3 Å². The van der Waals surface area contributed by atoms with Crippen LogP contribution in [0.2, 0.25) is 0 Å². The molecular formula is C14H10N6S. The summed E-state index contributed by atoms with van der Waals surface area (Å²) < 4.78 is 2.59. The fourth-order valence-electron chi connectivity index (χ4n) is 2.56. The smallest absolute Gasteiger partial charge is 0.176 e. The first kappa shape index (κ1) is 12.2. The molecule has 0 saturated heterocycles. The number of hydrogen-bond acceptors (Lipinski definition) is 6. The first-order chi connectivity index (χ1) is 10.2. The van der Waals surface area contributed by atoms with Gasteiger partial charge in [-0.1, -0.05) is 0 Å². The molecule has 6 nitrogen and oxygen atoms in total. The Morgan fingerprint density at radius 1 is 1.33 bits per heavy atom. The van der Waals surface area contributed by atoms with Crippen molar-refractivity contribution in [2.45, 2.75) is 20.3 Å². The van der Waals surface area contributed by atoms with Crippen molar-refractivity contribution in [3.63, 3.8) is 0 Å². The van der Waals surface area contributed by atoms with Gasteiger partial charge in [-0.3, -0.25) is 0 Å². The molecule has 7 heteroatoms. The summed E-state index contributed by atoms with van der Waals surface area (Å²) in [4.78, 5) is 14.5. The Hall–Kier alpha value is -2.59. The minimum absolute atomic E-state index is 0.199. The van der Waals surface area contributed by atoms with E-state index in [0.717, 1.165) is 37.3 Å². The van der Waals surface area contributed by atoms with E-state index in [9.17, 15) is 0 Å². The Bertz CT molecular complexity index is 1050. The molecule has 0 aliphatic rings. The first-order valence-electron chi connectivity index (χ1n) is 6.45. The van der Waals surface area contributed by atoms with E-state index >= 15 is 0 Å². The van der Waals surface area contributed by atoms with Crippen molar-refractivity contribution < 1.29 is 0 Å². The van der Waals surface area contributed by atoms with Crippen molar-refractivity contribution in [1.82, 2.24) is 24.6 Å². The SMILES string of the molecule is Cc1cc(C)c2c(n1)sc1c2ncn2nc(CC#N)nc12. The highest BCUT2D eigenvalue weighted by atomic mass is 32.1. The molecule has 0 bridgehead atoms. The third kappa shape index (κ3) is 1.69. The average Bonchev–Trinajstić information content (AvgIpc) is 2.98. The molecule has 0 atom stereocenters. The third-order valence-electron chi connectivity index (χ3n) is 3.37. The fourth-order valence-corrected chi connectivity index (χ4v) is 3.78. The van der Waals surface area contributed by atoms with E-state index in [1.54, 1.807) is 22.2 Å². The van der Waals surface area contributed by atoms with E-state index in [1.807, 2.05) is 6.92 Å². The molecule has 4 heterocycles. The van der Waals surface area contributed by atoms with E-state index in [4.69, 9.17) is 5.26 Å². The zero-order chi connectivity index (χ0) is 14.6. The van der Waals surface area contributed by atoms with Crippen molar-refractivity contribution >= 4 is 37.4 Å². The van der Waals surface area contributed by atoms with Crippen LogP contribution in [0.4, 0.5) is 0 Å². The molecule has 0 fully saturated rings. The van der Waals surface area contributed by atoms with Crippen LogP contribution in [0, 0.1) is 25.2 Å². The molecule has 0 aromatic carbocycles. The van der Waals surface area contributed by atoms with Gasteiger partial charge in [0.15, 0.2) is 11.5 Å². The largest absolute Gasteiger partial charge is 0.242 e. The molecule has 4 aromatic rings. The van der Waals surface area contributed by atoms with Gasteiger partial charge in [-0.15, -0.1) is 16.4 Å². The lowest BCUT2D eigenvalue weighted by molar-refractivity contribution is 0.893. The van der Waals surface area contributed by atoms with E-state index in [-0.39, 0.29) is 6.42 Å². The van der Waals surface area contributed by atoms with Crippen molar-refractivity contribution in [3.8, 4) is 6.07 Å². The minimum Gasteiger partial charge on any atom is -0.242 e. The molecule has 0 N–H and O–H groups in total. The number of thiophene rings is 1. The molecule has 0 aliphatic heterocycles. The average molecular weight is 294 g/mol. The predicted octanol–water partition coefficient (Wildman–Crippen LogP) is 2.57. The highest BCUT2D eigenvalue weighted by Gasteiger charge is 2.15. The van der Waals surface area contributed by atoms with E-state index < -0.39 is 0 Å². The van der Waals surface area contributed by atoms with Gasteiger partial charge in [0.1, 0.15) is 15.9 Å². The number of aromatic nitrogens is 5. The summed E-state index contributed by atoms with van der Waals surface area (Å²) in [5.74, 6) is 0.519. The zero-order valence-corrected chi connectivity index (χ0v) is 12.3. The maximum Gasteiger partial charge on any atom is 0.176 e.